The molecular formula is C44H48F2N4O6. The molecule has 294 valence electrons. The van der Waals surface area contributed by atoms with Crippen molar-refractivity contribution in [1.82, 2.24) is 15.1 Å². The average Bonchev–Trinajstić information content (AvgIpc) is 3.51. The number of piperidine rings is 1. The van der Waals surface area contributed by atoms with E-state index in [2.05, 4.69) is 29.8 Å². The summed E-state index contributed by atoms with van der Waals surface area (Å²) in [5, 5.41) is 22.9. The standard InChI is InChI=1S/C44H48F2N4O6/c1-3-5-6-7-9-29(4-2)40(30-11-15-32(51)16-12-30)31-13-17-34(18-14-31)56-25-8-10-33(52)27-48-21-23-49(24-22-48)42-37(45)26-35-36(41(42)46)28-50(44(35)55)38-19-20-39(53)47-43(38)54/h3,5-7,9,11-18,26,33,38,51-52H,1,4,8,10,19-25,27-28H2,2H3,(H,47,53,54)/b6-5-,9-7+,40-29-. The second kappa shape index (κ2) is 18.4. The summed E-state index contributed by atoms with van der Waals surface area (Å²) >= 11 is 0. The summed E-state index contributed by atoms with van der Waals surface area (Å²) in [6, 6.07) is 15.2. The van der Waals surface area contributed by atoms with Crippen molar-refractivity contribution in [3.63, 3.8) is 0 Å². The van der Waals surface area contributed by atoms with Gasteiger partial charge < -0.3 is 24.7 Å². The monoisotopic (exact) mass is 766 g/mol. The molecule has 3 N–H and O–H groups in total. The van der Waals surface area contributed by atoms with E-state index in [1.54, 1.807) is 23.1 Å². The van der Waals surface area contributed by atoms with Gasteiger partial charge in [-0.3, -0.25) is 24.6 Å². The molecular weight excluding hydrogens is 719 g/mol. The number of amides is 3. The lowest BCUT2D eigenvalue weighted by atomic mass is 9.91. The van der Waals surface area contributed by atoms with Crippen molar-refractivity contribution >= 4 is 29.0 Å². The van der Waals surface area contributed by atoms with Crippen LogP contribution in [-0.2, 0) is 16.1 Å². The van der Waals surface area contributed by atoms with E-state index in [1.807, 2.05) is 54.6 Å². The number of phenolic OH excluding ortho intramolecular Hbond substituents is 1. The van der Waals surface area contributed by atoms with Crippen molar-refractivity contribution in [3.8, 4) is 11.5 Å². The Hall–Kier alpha value is -5.59. The summed E-state index contributed by atoms with van der Waals surface area (Å²) in [5.41, 5.74) is 3.95. The zero-order valence-electron chi connectivity index (χ0n) is 31.6. The number of aliphatic hydroxyl groups is 1. The molecule has 0 aromatic heterocycles. The number of β-amino-alcohol motifs (C(OH)–C–C–N with tert-alkyl or cyclic N) is 1. The van der Waals surface area contributed by atoms with Crippen molar-refractivity contribution in [2.45, 2.75) is 57.7 Å². The first-order valence-corrected chi connectivity index (χ1v) is 19.1. The molecule has 2 unspecified atom stereocenters. The van der Waals surface area contributed by atoms with Gasteiger partial charge in [-0.15, -0.1) is 0 Å². The smallest absolute Gasteiger partial charge is 0.255 e. The number of rotatable bonds is 15. The Bertz CT molecular complexity index is 2020. The highest BCUT2D eigenvalue weighted by Crippen LogP contribution is 2.36. The second-order valence-corrected chi connectivity index (χ2v) is 14.2. The molecule has 3 aliphatic heterocycles. The largest absolute Gasteiger partial charge is 0.508 e. The van der Waals surface area contributed by atoms with Crippen LogP contribution in [0.4, 0.5) is 14.5 Å². The van der Waals surface area contributed by atoms with Gasteiger partial charge in [0.1, 0.15) is 29.0 Å². The molecule has 56 heavy (non-hydrogen) atoms. The summed E-state index contributed by atoms with van der Waals surface area (Å²) < 4.78 is 37.2. The number of hydrogen-bond acceptors (Lipinski definition) is 8. The van der Waals surface area contributed by atoms with E-state index in [1.165, 1.54) is 4.90 Å². The minimum absolute atomic E-state index is 0.0502. The summed E-state index contributed by atoms with van der Waals surface area (Å²) in [6.07, 6.45) is 11.1. The van der Waals surface area contributed by atoms with Gasteiger partial charge in [-0.2, -0.15) is 0 Å². The summed E-state index contributed by atoms with van der Waals surface area (Å²) in [4.78, 5) is 41.9. The Morgan fingerprint density at radius 3 is 2.36 bits per heavy atom. The van der Waals surface area contributed by atoms with Gasteiger partial charge >= 0.3 is 0 Å². The molecule has 3 amide bonds. The lowest BCUT2D eigenvalue weighted by Gasteiger charge is -2.37. The lowest BCUT2D eigenvalue weighted by Crippen LogP contribution is -2.52. The molecule has 12 heteroatoms. The molecule has 0 spiro atoms. The Morgan fingerprint density at radius 1 is 1.00 bits per heavy atom. The van der Waals surface area contributed by atoms with Gasteiger partial charge in [0.05, 0.1) is 24.8 Å². The predicted molar refractivity (Wildman–Crippen MR) is 211 cm³/mol. The van der Waals surface area contributed by atoms with E-state index in [0.29, 0.717) is 57.9 Å². The number of nitrogens with zero attached hydrogens (tertiary/aromatic N) is 3. The maximum Gasteiger partial charge on any atom is 0.255 e. The number of phenols is 1. The van der Waals surface area contributed by atoms with Crippen LogP contribution in [0.1, 0.15) is 66.1 Å². The number of anilines is 1. The maximum atomic E-state index is 15.8. The third-order valence-corrected chi connectivity index (χ3v) is 10.5. The first-order chi connectivity index (χ1) is 27.1. The number of imide groups is 1. The fourth-order valence-electron chi connectivity index (χ4n) is 7.54. The van der Waals surface area contributed by atoms with Crippen molar-refractivity contribution in [2.24, 2.45) is 0 Å². The van der Waals surface area contributed by atoms with Crippen LogP contribution < -0.4 is 15.0 Å². The van der Waals surface area contributed by atoms with Crippen LogP contribution >= 0.6 is 0 Å². The van der Waals surface area contributed by atoms with Crippen LogP contribution in [-0.4, -0.2) is 89.2 Å². The van der Waals surface area contributed by atoms with Crippen LogP contribution in [0.2, 0.25) is 0 Å². The van der Waals surface area contributed by atoms with Crippen molar-refractivity contribution in [2.75, 3.05) is 44.2 Å². The molecule has 3 aliphatic rings. The van der Waals surface area contributed by atoms with Crippen LogP contribution in [0.25, 0.3) is 5.57 Å². The number of aliphatic hydroxyl groups excluding tert-OH is 1. The number of benzene rings is 3. The van der Waals surface area contributed by atoms with E-state index < -0.39 is 41.5 Å². The van der Waals surface area contributed by atoms with Crippen molar-refractivity contribution < 1.29 is 38.1 Å². The minimum Gasteiger partial charge on any atom is -0.508 e. The molecule has 6 rings (SSSR count). The van der Waals surface area contributed by atoms with Crippen LogP contribution in [0.15, 0.2) is 97.1 Å². The Labute approximate surface area is 326 Å². The van der Waals surface area contributed by atoms with Gasteiger partial charge in [0.25, 0.3) is 5.91 Å². The van der Waals surface area contributed by atoms with E-state index in [-0.39, 0.29) is 42.0 Å². The van der Waals surface area contributed by atoms with Crippen molar-refractivity contribution in [3.05, 3.63) is 131 Å². The zero-order valence-corrected chi connectivity index (χ0v) is 31.6. The second-order valence-electron chi connectivity index (χ2n) is 14.2. The Balaban J connectivity index is 0.982. The maximum absolute atomic E-state index is 15.8. The number of carbonyl (C=O) groups is 3. The highest BCUT2D eigenvalue weighted by Gasteiger charge is 2.42. The van der Waals surface area contributed by atoms with E-state index in [9.17, 15) is 24.6 Å². The molecule has 2 saturated heterocycles. The summed E-state index contributed by atoms with van der Waals surface area (Å²) in [6.45, 7) is 8.11. The molecule has 3 aromatic rings. The van der Waals surface area contributed by atoms with Gasteiger partial charge in [0.15, 0.2) is 5.82 Å². The van der Waals surface area contributed by atoms with Crippen LogP contribution in [0, 0.1) is 11.6 Å². The van der Waals surface area contributed by atoms with Crippen molar-refractivity contribution in [1.29, 1.82) is 0 Å². The topological polar surface area (TPSA) is 123 Å². The van der Waals surface area contributed by atoms with Gasteiger partial charge in [0.2, 0.25) is 11.8 Å². The normalized spacial score (nSPS) is 18.7. The van der Waals surface area contributed by atoms with Gasteiger partial charge in [-0.25, -0.2) is 8.78 Å². The molecule has 2 fully saturated rings. The van der Waals surface area contributed by atoms with Gasteiger partial charge in [-0.05, 0) is 78.3 Å². The molecule has 0 saturated carbocycles. The fourth-order valence-corrected chi connectivity index (χ4v) is 7.54. The number of halogens is 2. The van der Waals surface area contributed by atoms with E-state index >= 15 is 8.78 Å². The van der Waals surface area contributed by atoms with E-state index in [0.717, 1.165) is 34.8 Å². The van der Waals surface area contributed by atoms with Crippen LogP contribution in [0.3, 0.4) is 0 Å². The number of ether oxygens (including phenoxy) is 1. The molecule has 3 aromatic carbocycles. The zero-order chi connectivity index (χ0) is 39.8. The number of fused-ring (bicyclic) bond motifs is 1. The number of nitrogens with one attached hydrogen (secondary N) is 1. The molecule has 3 heterocycles. The Morgan fingerprint density at radius 2 is 1.70 bits per heavy atom. The fraction of sp³-hybridized carbons (Fsp3) is 0.341. The van der Waals surface area contributed by atoms with E-state index in [4.69, 9.17) is 4.74 Å². The molecule has 0 aliphatic carbocycles. The summed E-state index contributed by atoms with van der Waals surface area (Å²) in [7, 11) is 0. The third kappa shape index (κ3) is 9.26. The number of carbonyl (C=O) groups excluding carboxylic acids is 3. The molecule has 0 radical (unpaired) electrons. The van der Waals surface area contributed by atoms with Gasteiger partial charge in [0, 0.05) is 44.7 Å². The highest BCUT2D eigenvalue weighted by atomic mass is 19.1. The number of hydrogen-bond donors (Lipinski definition) is 3. The average molecular weight is 767 g/mol. The first-order valence-electron chi connectivity index (χ1n) is 19.1. The molecule has 10 nitrogen and oxygen atoms in total. The number of piperazine rings is 1. The minimum atomic E-state index is -0.918. The first kappa shape index (κ1) is 40.1. The number of allylic oxidation sites excluding steroid dienone is 6. The Kier molecular flexibility index (Phi) is 13.1. The molecule has 0 bridgehead atoms. The third-order valence-electron chi connectivity index (χ3n) is 10.5. The predicted octanol–water partition coefficient (Wildman–Crippen LogP) is 6.28. The van der Waals surface area contributed by atoms with Gasteiger partial charge in [-0.1, -0.05) is 68.1 Å². The summed E-state index contributed by atoms with van der Waals surface area (Å²) in [5.74, 6) is -2.40. The van der Waals surface area contributed by atoms with Crippen LogP contribution in [0.5, 0.6) is 11.5 Å². The SMILES string of the molecule is C=C\C=C/C=C/C(CC)=C(/c1ccc(O)cc1)c1ccc(OCCCC(O)CN2CCN(c3c(F)cc4c(c3F)CN(C3CCC(=O)NC3=O)C4=O)CC2)cc1. The quantitative estimate of drug-likeness (QED) is 0.0939. The lowest BCUT2D eigenvalue weighted by molar-refractivity contribution is -0.136. The number of aromatic hydroxyl groups is 1. The highest BCUT2D eigenvalue weighted by molar-refractivity contribution is 6.05. The molecule has 2 atom stereocenters.